The lowest BCUT2D eigenvalue weighted by atomic mass is 10.0. The number of likely N-dealkylation sites (tertiary alicyclic amines) is 1. The van der Waals surface area contributed by atoms with Crippen molar-refractivity contribution >= 4 is 21.8 Å². The van der Waals surface area contributed by atoms with E-state index < -0.39 is 16.1 Å². The molecule has 0 bridgehead atoms. The van der Waals surface area contributed by atoms with Crippen LogP contribution in [0.25, 0.3) is 0 Å². The van der Waals surface area contributed by atoms with Crippen molar-refractivity contribution in [2.45, 2.75) is 30.5 Å². The second-order valence-electron chi connectivity index (χ2n) is 4.69. The van der Waals surface area contributed by atoms with Gasteiger partial charge in [-0.25, -0.2) is 13.1 Å². The van der Waals surface area contributed by atoms with Crippen LogP contribution in [0.4, 0.5) is 0 Å². The van der Waals surface area contributed by atoms with Crippen molar-refractivity contribution in [3.8, 4) is 0 Å². The van der Waals surface area contributed by atoms with Gasteiger partial charge in [0.2, 0.25) is 16.9 Å². The Hall–Kier alpha value is -1.71. The number of hydrogen-bond donors (Lipinski definition) is 2. The third kappa shape index (κ3) is 3.31. The molecule has 1 aromatic rings. The molecule has 2 rings (SSSR count). The van der Waals surface area contributed by atoms with Gasteiger partial charge in [-0.05, 0) is 25.6 Å². The van der Waals surface area contributed by atoms with Crippen molar-refractivity contribution in [1.82, 2.24) is 14.9 Å². The lowest BCUT2D eigenvalue weighted by Crippen LogP contribution is -2.51. The van der Waals surface area contributed by atoms with Gasteiger partial charge in [-0.1, -0.05) is 0 Å². The van der Waals surface area contributed by atoms with Gasteiger partial charge >= 0.3 is 0 Å². The van der Waals surface area contributed by atoms with Gasteiger partial charge in [0.25, 0.3) is 10.0 Å². The molecule has 1 aromatic heterocycles. The van der Waals surface area contributed by atoms with Crippen molar-refractivity contribution in [1.29, 1.82) is 0 Å². The highest BCUT2D eigenvalue weighted by Gasteiger charge is 2.31. The summed E-state index contributed by atoms with van der Waals surface area (Å²) in [5, 5.41) is 2.79. The Bertz CT molecular complexity index is 652. The number of nitrogens with zero attached hydrogens (tertiary/aromatic N) is 1. The minimum absolute atomic E-state index is 0.177. The highest BCUT2D eigenvalue weighted by molar-refractivity contribution is 7.89. The first-order valence-electron chi connectivity index (χ1n) is 6.41. The molecule has 8 nitrogen and oxygen atoms in total. The van der Waals surface area contributed by atoms with Crippen LogP contribution in [-0.4, -0.2) is 45.3 Å². The smallest absolute Gasteiger partial charge is 0.273 e. The molecule has 1 aliphatic rings. The zero-order valence-corrected chi connectivity index (χ0v) is 12.6. The van der Waals surface area contributed by atoms with Crippen LogP contribution in [0, 0.1) is 0 Å². The van der Waals surface area contributed by atoms with Crippen molar-refractivity contribution in [3.05, 3.63) is 17.9 Å². The van der Waals surface area contributed by atoms with E-state index in [9.17, 15) is 18.0 Å². The molecular weight excluding hydrogens is 298 g/mol. The van der Waals surface area contributed by atoms with Crippen LogP contribution < -0.4 is 10.0 Å². The van der Waals surface area contributed by atoms with Crippen LogP contribution in [-0.2, 0) is 26.2 Å². The van der Waals surface area contributed by atoms with E-state index in [1.807, 2.05) is 0 Å². The summed E-state index contributed by atoms with van der Waals surface area (Å²) in [5.74, 6) is -0.0875. The average molecular weight is 315 g/mol. The molecule has 2 amide bonds. The van der Waals surface area contributed by atoms with E-state index in [0.717, 1.165) is 4.90 Å². The predicted molar refractivity (Wildman–Crippen MR) is 72.6 cm³/mol. The van der Waals surface area contributed by atoms with Crippen molar-refractivity contribution in [2.75, 3.05) is 14.1 Å². The molecule has 1 aliphatic heterocycles. The molecule has 2 N–H and O–H groups in total. The minimum atomic E-state index is -3.61. The summed E-state index contributed by atoms with van der Waals surface area (Å²) in [7, 11) is -0.869. The minimum Gasteiger partial charge on any atom is -0.447 e. The normalized spacial score (nSPS) is 20.1. The van der Waals surface area contributed by atoms with Gasteiger partial charge in [-0.2, -0.15) is 0 Å². The Kier molecular flexibility index (Phi) is 4.45. The molecule has 1 fully saturated rings. The average Bonchev–Trinajstić information content (AvgIpc) is 2.94. The summed E-state index contributed by atoms with van der Waals surface area (Å²) in [5.41, 5.74) is 0. The van der Waals surface area contributed by atoms with Gasteiger partial charge < -0.3 is 4.42 Å². The van der Waals surface area contributed by atoms with E-state index in [4.69, 9.17) is 4.42 Å². The third-order valence-electron chi connectivity index (χ3n) is 3.34. The Labute approximate surface area is 122 Å². The number of rotatable bonds is 5. The number of likely N-dealkylation sites (N-methyl/N-ethyl adjacent to an activating group) is 1. The van der Waals surface area contributed by atoms with Crippen LogP contribution >= 0.6 is 0 Å². The first-order valence-corrected chi connectivity index (χ1v) is 7.89. The van der Waals surface area contributed by atoms with Gasteiger partial charge in [0.1, 0.15) is 5.76 Å². The van der Waals surface area contributed by atoms with E-state index in [1.54, 1.807) is 0 Å². The maximum atomic E-state index is 11.9. The molecule has 1 atom stereocenters. The fourth-order valence-corrected chi connectivity index (χ4v) is 2.69. The van der Waals surface area contributed by atoms with Crippen molar-refractivity contribution in [2.24, 2.45) is 0 Å². The molecular formula is C12H17N3O5S. The van der Waals surface area contributed by atoms with Crippen LogP contribution in [0.1, 0.15) is 18.6 Å². The SMILES string of the molecule is CNS(=O)(=O)c1ccc(CNC2CCC(=O)N(C)C2=O)o1. The number of carbonyl (C=O) groups excluding carboxylic acids is 2. The van der Waals surface area contributed by atoms with Crippen LogP contribution in [0.3, 0.4) is 0 Å². The lowest BCUT2D eigenvalue weighted by Gasteiger charge is -2.28. The standard InChI is InChI=1S/C12H17N3O5S/c1-13-21(18,19)11-6-3-8(20-11)7-14-9-4-5-10(16)15(2)12(9)17/h3,6,9,13-14H,4-5,7H2,1-2H3. The molecule has 0 aromatic carbocycles. The predicted octanol–water partition coefficient (Wildman–Crippen LogP) is -0.575. The second-order valence-corrected chi connectivity index (χ2v) is 6.51. The molecule has 1 saturated heterocycles. The van der Waals surface area contributed by atoms with E-state index in [-0.39, 0.29) is 23.5 Å². The summed E-state index contributed by atoms with van der Waals surface area (Å²) < 4.78 is 30.4. The van der Waals surface area contributed by atoms with Gasteiger partial charge in [0.15, 0.2) is 0 Å². The zero-order valence-electron chi connectivity index (χ0n) is 11.8. The van der Waals surface area contributed by atoms with Gasteiger partial charge in [-0.3, -0.25) is 19.8 Å². The van der Waals surface area contributed by atoms with Crippen LogP contribution in [0.2, 0.25) is 0 Å². The molecule has 2 heterocycles. The Morgan fingerprint density at radius 2 is 2.10 bits per heavy atom. The molecule has 21 heavy (non-hydrogen) atoms. The molecule has 116 valence electrons. The zero-order chi connectivity index (χ0) is 15.6. The van der Waals surface area contributed by atoms with E-state index in [2.05, 4.69) is 10.0 Å². The highest BCUT2D eigenvalue weighted by atomic mass is 32.2. The number of nitrogens with one attached hydrogen (secondary N) is 2. The fourth-order valence-electron chi connectivity index (χ4n) is 2.03. The van der Waals surface area contributed by atoms with E-state index >= 15 is 0 Å². The Balaban J connectivity index is 1.98. The molecule has 0 aliphatic carbocycles. The molecule has 0 spiro atoms. The molecule has 0 radical (unpaired) electrons. The molecule has 1 unspecified atom stereocenters. The number of amides is 2. The maximum absolute atomic E-state index is 11.9. The maximum Gasteiger partial charge on any atom is 0.273 e. The number of carbonyl (C=O) groups is 2. The van der Waals surface area contributed by atoms with Crippen LogP contribution in [0.15, 0.2) is 21.6 Å². The van der Waals surface area contributed by atoms with E-state index in [1.165, 1.54) is 26.2 Å². The summed E-state index contributed by atoms with van der Waals surface area (Å²) in [4.78, 5) is 24.3. The van der Waals surface area contributed by atoms with Crippen LogP contribution in [0.5, 0.6) is 0 Å². The summed E-state index contributed by atoms with van der Waals surface area (Å²) in [6.07, 6.45) is 0.724. The third-order valence-corrected chi connectivity index (χ3v) is 4.63. The number of hydrogen-bond acceptors (Lipinski definition) is 6. The van der Waals surface area contributed by atoms with Crippen molar-refractivity contribution < 1.29 is 22.4 Å². The summed E-state index contributed by atoms with van der Waals surface area (Å²) >= 11 is 0. The molecule has 0 saturated carbocycles. The Morgan fingerprint density at radius 1 is 1.38 bits per heavy atom. The fraction of sp³-hybridized carbons (Fsp3) is 0.500. The van der Waals surface area contributed by atoms with E-state index in [0.29, 0.717) is 18.6 Å². The Morgan fingerprint density at radius 3 is 2.76 bits per heavy atom. The summed E-state index contributed by atoms with van der Waals surface area (Å²) in [6.45, 7) is 0.206. The van der Waals surface area contributed by atoms with Gasteiger partial charge in [0.05, 0.1) is 12.6 Å². The van der Waals surface area contributed by atoms with Gasteiger partial charge in [0, 0.05) is 13.5 Å². The monoisotopic (exact) mass is 315 g/mol. The highest BCUT2D eigenvalue weighted by Crippen LogP contribution is 2.15. The van der Waals surface area contributed by atoms with Gasteiger partial charge in [-0.15, -0.1) is 0 Å². The first-order chi connectivity index (χ1) is 9.85. The van der Waals surface area contributed by atoms with Crippen molar-refractivity contribution in [3.63, 3.8) is 0 Å². The summed E-state index contributed by atoms with van der Waals surface area (Å²) in [6, 6.07) is 2.41. The lowest BCUT2D eigenvalue weighted by molar-refractivity contribution is -0.148. The largest absolute Gasteiger partial charge is 0.447 e. The number of furan rings is 1. The number of sulfonamides is 1. The molecule has 9 heteroatoms. The number of imide groups is 1. The number of piperidine rings is 1. The second kappa shape index (κ2) is 5.96. The quantitative estimate of drug-likeness (QED) is 0.704. The topological polar surface area (TPSA) is 109 Å². The first kappa shape index (κ1) is 15.7.